The molecule has 2 aromatic carbocycles. The van der Waals surface area contributed by atoms with Crippen LogP contribution in [0.4, 0.5) is 15.8 Å². The van der Waals surface area contributed by atoms with Crippen LogP contribution in [0.2, 0.25) is 0 Å². The minimum atomic E-state index is -0.355. The smallest absolute Gasteiger partial charge is 0.309 e. The van der Waals surface area contributed by atoms with Gasteiger partial charge in [-0.15, -0.1) is 0 Å². The molecular weight excluding hydrogens is 523 g/mol. The molecule has 0 saturated carbocycles. The van der Waals surface area contributed by atoms with E-state index in [1.807, 2.05) is 29.2 Å². The van der Waals surface area contributed by atoms with Crippen molar-refractivity contribution in [2.45, 2.75) is 38.6 Å². The van der Waals surface area contributed by atoms with Crippen LogP contribution in [0.15, 0.2) is 41.2 Å². The van der Waals surface area contributed by atoms with Gasteiger partial charge in [-0.1, -0.05) is 12.1 Å². The van der Waals surface area contributed by atoms with Crippen LogP contribution < -0.4 is 15.8 Å². The van der Waals surface area contributed by atoms with Crippen molar-refractivity contribution in [3.63, 3.8) is 0 Å². The Balaban J connectivity index is 1.30. The van der Waals surface area contributed by atoms with E-state index in [9.17, 15) is 9.59 Å². The first-order valence-electron chi connectivity index (χ1n) is 14.7. The van der Waals surface area contributed by atoms with E-state index in [1.165, 1.54) is 6.07 Å². The standard InChI is InChI=1S/C31H35FN6O3/c1-2-41-31(40)19-9-13-38(14-10-19)26-16-24-20(15-21(26)32)28(33-25-17-37-11-7-18(25)8-12-37)27(30(39)36-24)29-34-22-5-3-4-6-23(22)35-29/h3-6,15-16,18-19,25H,2,7-14,17H2,1H3,(H,34,35)(H2,33,36,39)/t25-/m1/s1. The van der Waals surface area contributed by atoms with Crippen molar-refractivity contribution >= 4 is 39.3 Å². The monoisotopic (exact) mass is 558 g/mol. The van der Waals surface area contributed by atoms with Crippen molar-refractivity contribution in [1.29, 1.82) is 0 Å². The van der Waals surface area contributed by atoms with Gasteiger partial charge in [0.15, 0.2) is 0 Å². The predicted octanol–water partition coefficient (Wildman–Crippen LogP) is 4.50. The zero-order valence-corrected chi connectivity index (χ0v) is 23.2. The highest BCUT2D eigenvalue weighted by atomic mass is 19.1. The number of aromatic nitrogens is 3. The number of carbonyl (C=O) groups is 1. The van der Waals surface area contributed by atoms with E-state index in [0.717, 1.165) is 43.5 Å². The molecule has 6 heterocycles. The lowest BCUT2D eigenvalue weighted by atomic mass is 9.83. The predicted molar refractivity (Wildman–Crippen MR) is 158 cm³/mol. The van der Waals surface area contributed by atoms with Gasteiger partial charge in [0.2, 0.25) is 0 Å². The van der Waals surface area contributed by atoms with Gasteiger partial charge >= 0.3 is 5.97 Å². The van der Waals surface area contributed by atoms with Crippen LogP contribution in [0, 0.1) is 17.7 Å². The lowest BCUT2D eigenvalue weighted by Gasteiger charge is -2.45. The summed E-state index contributed by atoms with van der Waals surface area (Å²) in [7, 11) is 0. The molecule has 3 N–H and O–H groups in total. The number of halogens is 1. The zero-order valence-electron chi connectivity index (χ0n) is 23.2. The average molecular weight is 559 g/mol. The van der Waals surface area contributed by atoms with Gasteiger partial charge in [-0.25, -0.2) is 9.37 Å². The molecule has 4 aliphatic rings. The van der Waals surface area contributed by atoms with Crippen molar-refractivity contribution in [1.82, 2.24) is 19.9 Å². The number of rotatable bonds is 6. The van der Waals surface area contributed by atoms with Gasteiger partial charge in [-0.05, 0) is 75.9 Å². The van der Waals surface area contributed by atoms with Crippen LogP contribution >= 0.6 is 0 Å². The van der Waals surface area contributed by atoms with Gasteiger partial charge < -0.3 is 29.8 Å². The molecule has 2 aromatic heterocycles. The number of fused-ring (bicyclic) bond motifs is 5. The number of hydrogen-bond donors (Lipinski definition) is 3. The number of nitrogens with one attached hydrogen (secondary N) is 3. The van der Waals surface area contributed by atoms with Crippen molar-refractivity contribution in [2.24, 2.45) is 11.8 Å². The first-order valence-corrected chi connectivity index (χ1v) is 14.7. The molecule has 2 bridgehead atoms. The maximum absolute atomic E-state index is 15.9. The average Bonchev–Trinajstić information content (AvgIpc) is 3.42. The highest BCUT2D eigenvalue weighted by Crippen LogP contribution is 2.38. The van der Waals surface area contributed by atoms with E-state index in [4.69, 9.17) is 9.72 Å². The number of carbonyl (C=O) groups excluding carboxylic acids is 1. The number of para-hydroxylation sites is 2. The lowest BCUT2D eigenvalue weighted by molar-refractivity contribution is -0.148. The van der Waals surface area contributed by atoms with Crippen LogP contribution in [0.5, 0.6) is 0 Å². The number of ether oxygens (including phenoxy) is 1. The normalized spacial score (nSPS) is 22.9. The van der Waals surface area contributed by atoms with Gasteiger partial charge in [0, 0.05) is 31.1 Å². The highest BCUT2D eigenvalue weighted by Gasteiger charge is 2.35. The number of piperidine rings is 4. The fraction of sp³-hybridized carbons (Fsp3) is 0.452. The molecule has 4 aliphatic heterocycles. The van der Waals surface area contributed by atoms with Crippen LogP contribution in [-0.4, -0.2) is 71.2 Å². The molecule has 8 rings (SSSR count). The second kappa shape index (κ2) is 10.5. The maximum Gasteiger partial charge on any atom is 0.309 e. The largest absolute Gasteiger partial charge is 0.466 e. The quantitative estimate of drug-likeness (QED) is 0.299. The summed E-state index contributed by atoms with van der Waals surface area (Å²) in [6, 6.07) is 11.1. The summed E-state index contributed by atoms with van der Waals surface area (Å²) in [6.45, 7) is 6.33. The molecule has 1 atom stereocenters. The summed E-state index contributed by atoms with van der Waals surface area (Å²) in [4.78, 5) is 41.4. The summed E-state index contributed by atoms with van der Waals surface area (Å²) in [5, 5.41) is 4.33. The summed E-state index contributed by atoms with van der Waals surface area (Å²) in [5.41, 5.74) is 3.34. The Morgan fingerprint density at radius 3 is 2.56 bits per heavy atom. The fourth-order valence-corrected chi connectivity index (χ4v) is 6.92. The van der Waals surface area contributed by atoms with Gasteiger partial charge in [0.05, 0.1) is 40.4 Å². The number of pyridine rings is 1. The Morgan fingerprint density at radius 2 is 1.85 bits per heavy atom. The molecule has 214 valence electrons. The number of H-pyrrole nitrogens is 2. The van der Waals surface area contributed by atoms with Crippen molar-refractivity contribution in [3.05, 3.63) is 52.6 Å². The SMILES string of the molecule is CCOC(=O)C1CCN(c2cc3[nH]c(=O)c(-c4nc5ccccc5[nH]4)c(N[C@@H]4CN5CCC4CC5)c3cc2F)CC1. The number of aromatic amines is 2. The number of imidazole rings is 1. The third-order valence-corrected chi connectivity index (χ3v) is 9.15. The molecule has 4 saturated heterocycles. The molecule has 0 spiro atoms. The van der Waals surface area contributed by atoms with E-state index in [2.05, 4.69) is 20.2 Å². The molecule has 9 nitrogen and oxygen atoms in total. The molecule has 4 fully saturated rings. The molecule has 0 unspecified atom stereocenters. The van der Waals surface area contributed by atoms with Gasteiger partial charge in [0.1, 0.15) is 17.2 Å². The first-order chi connectivity index (χ1) is 20.0. The minimum Gasteiger partial charge on any atom is -0.466 e. The van der Waals surface area contributed by atoms with E-state index >= 15 is 4.39 Å². The van der Waals surface area contributed by atoms with Crippen molar-refractivity contribution in [3.8, 4) is 11.4 Å². The van der Waals surface area contributed by atoms with Crippen molar-refractivity contribution < 1.29 is 13.9 Å². The molecule has 0 aliphatic carbocycles. The Labute approximate surface area is 237 Å². The molecule has 41 heavy (non-hydrogen) atoms. The Kier molecular flexibility index (Phi) is 6.65. The van der Waals surface area contributed by atoms with E-state index < -0.39 is 0 Å². The van der Waals surface area contributed by atoms with Crippen LogP contribution in [0.1, 0.15) is 32.6 Å². The van der Waals surface area contributed by atoms with Crippen molar-refractivity contribution in [2.75, 3.05) is 49.5 Å². The first kappa shape index (κ1) is 26.0. The molecule has 0 radical (unpaired) electrons. The van der Waals surface area contributed by atoms with Crippen LogP contribution in [0.3, 0.4) is 0 Å². The molecule has 10 heteroatoms. The van der Waals surface area contributed by atoms with Gasteiger partial charge in [-0.2, -0.15) is 0 Å². The highest BCUT2D eigenvalue weighted by molar-refractivity contribution is 6.00. The number of hydrogen-bond acceptors (Lipinski definition) is 7. The fourth-order valence-electron chi connectivity index (χ4n) is 6.92. The van der Waals surface area contributed by atoms with E-state index in [1.54, 1.807) is 13.0 Å². The summed E-state index contributed by atoms with van der Waals surface area (Å²) in [5.74, 6) is 0.258. The number of benzene rings is 2. The molecule has 0 amide bonds. The summed E-state index contributed by atoms with van der Waals surface area (Å²) < 4.78 is 21.1. The minimum absolute atomic E-state index is 0.162. The third kappa shape index (κ3) is 4.73. The Bertz CT molecular complexity index is 1630. The number of anilines is 2. The topological polar surface area (TPSA) is 106 Å². The lowest BCUT2D eigenvalue weighted by Crippen LogP contribution is -2.53. The van der Waals surface area contributed by atoms with Crippen LogP contribution in [-0.2, 0) is 9.53 Å². The zero-order chi connectivity index (χ0) is 28.1. The van der Waals surface area contributed by atoms with E-state index in [0.29, 0.717) is 72.1 Å². The molecule has 4 aromatic rings. The van der Waals surface area contributed by atoms with Gasteiger partial charge in [0.25, 0.3) is 5.56 Å². The summed E-state index contributed by atoms with van der Waals surface area (Å²) >= 11 is 0. The maximum atomic E-state index is 15.9. The second-order valence-electron chi connectivity index (χ2n) is 11.6. The number of esters is 1. The van der Waals surface area contributed by atoms with Crippen LogP contribution in [0.25, 0.3) is 33.3 Å². The number of nitrogens with zero attached hydrogens (tertiary/aromatic N) is 3. The van der Waals surface area contributed by atoms with E-state index in [-0.39, 0.29) is 29.3 Å². The van der Waals surface area contributed by atoms with Gasteiger partial charge in [-0.3, -0.25) is 9.59 Å². The summed E-state index contributed by atoms with van der Waals surface area (Å²) in [6.07, 6.45) is 3.42. The Morgan fingerprint density at radius 1 is 1.07 bits per heavy atom. The molecular formula is C31H35FN6O3. The third-order valence-electron chi connectivity index (χ3n) is 9.15. The Hall–Kier alpha value is -3.92. The second-order valence-corrected chi connectivity index (χ2v) is 11.6.